The fourth-order valence-corrected chi connectivity index (χ4v) is 4.35. The van der Waals surface area contributed by atoms with E-state index in [9.17, 15) is 9.59 Å². The molecular weight excluding hydrogens is 310 g/mol. The fourth-order valence-electron chi connectivity index (χ4n) is 3.40. The van der Waals surface area contributed by atoms with Crippen molar-refractivity contribution >= 4 is 23.2 Å². The number of fused-ring (bicyclic) bond motifs is 1. The Morgan fingerprint density at radius 3 is 2.78 bits per heavy atom. The van der Waals surface area contributed by atoms with E-state index in [1.165, 1.54) is 10.4 Å². The van der Waals surface area contributed by atoms with Gasteiger partial charge in [-0.05, 0) is 36.3 Å². The molecule has 2 amide bonds. The van der Waals surface area contributed by atoms with Crippen LogP contribution in [0.15, 0.2) is 11.4 Å². The van der Waals surface area contributed by atoms with Gasteiger partial charge in [-0.15, -0.1) is 11.3 Å². The van der Waals surface area contributed by atoms with E-state index < -0.39 is 0 Å². The summed E-state index contributed by atoms with van der Waals surface area (Å²) < 4.78 is 0. The van der Waals surface area contributed by atoms with E-state index >= 15 is 0 Å². The number of nitrogens with zero attached hydrogens (tertiary/aromatic N) is 2. The highest BCUT2D eigenvalue weighted by atomic mass is 32.1. The highest BCUT2D eigenvalue weighted by Gasteiger charge is 2.43. The number of aryl methyl sites for hydroxylation is 1. The minimum atomic E-state index is -0.343. The van der Waals surface area contributed by atoms with Gasteiger partial charge in [-0.25, -0.2) is 0 Å². The average molecular weight is 335 g/mol. The molecule has 0 unspecified atom stereocenters. The molecule has 3 heterocycles. The molecule has 0 spiro atoms. The predicted octanol–water partition coefficient (Wildman–Crippen LogP) is 1.61. The summed E-state index contributed by atoms with van der Waals surface area (Å²) in [5.74, 6) is 0.488. The van der Waals surface area contributed by atoms with Gasteiger partial charge in [-0.3, -0.25) is 14.5 Å². The summed E-state index contributed by atoms with van der Waals surface area (Å²) >= 11 is 1.76. The van der Waals surface area contributed by atoms with E-state index in [0.29, 0.717) is 25.4 Å². The van der Waals surface area contributed by atoms with Crippen molar-refractivity contribution in [2.24, 2.45) is 5.92 Å². The maximum atomic E-state index is 12.6. The molecule has 0 aromatic carbocycles. The van der Waals surface area contributed by atoms with Crippen LogP contribution in [0.3, 0.4) is 0 Å². The summed E-state index contributed by atoms with van der Waals surface area (Å²) in [6, 6.07) is 1.45. The Bertz CT molecular complexity index is 598. The molecule has 1 N–H and O–H groups in total. The van der Waals surface area contributed by atoms with Crippen molar-refractivity contribution in [3.8, 4) is 0 Å². The van der Waals surface area contributed by atoms with Gasteiger partial charge in [0.05, 0.1) is 0 Å². The van der Waals surface area contributed by atoms with Crippen molar-refractivity contribution in [2.45, 2.75) is 45.8 Å². The monoisotopic (exact) mass is 335 g/mol. The molecule has 23 heavy (non-hydrogen) atoms. The third-order valence-electron chi connectivity index (χ3n) is 4.71. The molecular formula is C17H25N3O2S. The summed E-state index contributed by atoms with van der Waals surface area (Å²) in [7, 11) is 0. The van der Waals surface area contributed by atoms with E-state index in [2.05, 4.69) is 42.4 Å². The largest absolute Gasteiger partial charge is 0.342 e. The molecule has 2 aliphatic rings. The molecule has 0 radical (unpaired) electrons. The summed E-state index contributed by atoms with van der Waals surface area (Å²) in [5, 5.41) is 5.04. The van der Waals surface area contributed by atoms with Gasteiger partial charge in [0.1, 0.15) is 12.1 Å². The van der Waals surface area contributed by atoms with E-state index in [1.54, 1.807) is 16.2 Å². The van der Waals surface area contributed by atoms with Gasteiger partial charge in [-0.1, -0.05) is 13.8 Å². The lowest BCUT2D eigenvalue weighted by Gasteiger charge is -2.45. The molecule has 2 fully saturated rings. The zero-order valence-corrected chi connectivity index (χ0v) is 14.9. The van der Waals surface area contributed by atoms with Crippen LogP contribution in [0.1, 0.15) is 30.7 Å². The van der Waals surface area contributed by atoms with Crippen molar-refractivity contribution < 1.29 is 9.59 Å². The van der Waals surface area contributed by atoms with Crippen molar-refractivity contribution in [3.63, 3.8) is 0 Å². The molecule has 0 saturated carbocycles. The van der Waals surface area contributed by atoms with E-state index in [-0.39, 0.29) is 23.9 Å². The fraction of sp³-hybridized carbons (Fsp3) is 0.647. The predicted molar refractivity (Wildman–Crippen MR) is 91.2 cm³/mol. The summed E-state index contributed by atoms with van der Waals surface area (Å²) in [5.41, 5.74) is 1.30. The van der Waals surface area contributed by atoms with E-state index in [1.807, 2.05) is 0 Å². The normalized spacial score (nSPS) is 25.7. The van der Waals surface area contributed by atoms with Gasteiger partial charge in [-0.2, -0.15) is 0 Å². The van der Waals surface area contributed by atoms with Crippen LogP contribution in [0.5, 0.6) is 0 Å². The van der Waals surface area contributed by atoms with Crippen LogP contribution in [-0.2, 0) is 16.1 Å². The Morgan fingerprint density at radius 1 is 1.35 bits per heavy atom. The number of piperazine rings is 2. The standard InChI is InChI=1S/C17H25N3O2S/c1-11(2)8-13-17(22)20-6-5-19(9-14(20)16(21)18-13)10-15-12(3)4-7-23-15/h4,7,11,13-14H,5-6,8-10H2,1-3H3,(H,18,21)/t13-,14-/m1/s1. The van der Waals surface area contributed by atoms with Gasteiger partial charge in [0.2, 0.25) is 11.8 Å². The summed E-state index contributed by atoms with van der Waals surface area (Å²) in [6.45, 7) is 9.25. The Morgan fingerprint density at radius 2 is 2.13 bits per heavy atom. The maximum absolute atomic E-state index is 12.6. The van der Waals surface area contributed by atoms with E-state index in [4.69, 9.17) is 0 Å². The van der Waals surface area contributed by atoms with Gasteiger partial charge >= 0.3 is 0 Å². The quantitative estimate of drug-likeness (QED) is 0.910. The lowest BCUT2D eigenvalue weighted by atomic mass is 9.97. The Hall–Kier alpha value is -1.40. The molecule has 0 aliphatic carbocycles. The minimum absolute atomic E-state index is 0.00264. The first-order valence-electron chi connectivity index (χ1n) is 8.32. The smallest absolute Gasteiger partial charge is 0.245 e. The highest BCUT2D eigenvalue weighted by Crippen LogP contribution is 2.23. The van der Waals surface area contributed by atoms with Crippen LogP contribution in [0, 0.1) is 12.8 Å². The number of amides is 2. The van der Waals surface area contributed by atoms with Crippen LogP contribution in [0.4, 0.5) is 0 Å². The molecule has 6 heteroatoms. The molecule has 2 saturated heterocycles. The van der Waals surface area contributed by atoms with E-state index in [0.717, 1.165) is 13.1 Å². The first-order valence-corrected chi connectivity index (χ1v) is 9.20. The van der Waals surface area contributed by atoms with Crippen molar-refractivity contribution in [1.82, 2.24) is 15.1 Å². The number of carbonyl (C=O) groups excluding carboxylic acids is 2. The zero-order chi connectivity index (χ0) is 16.6. The third-order valence-corrected chi connectivity index (χ3v) is 5.72. The lowest BCUT2D eigenvalue weighted by Crippen LogP contribution is -2.69. The summed E-state index contributed by atoms with van der Waals surface area (Å²) in [4.78, 5) is 30.5. The first kappa shape index (κ1) is 16.5. The maximum Gasteiger partial charge on any atom is 0.245 e. The molecule has 3 rings (SSSR count). The Balaban J connectivity index is 1.66. The molecule has 126 valence electrons. The van der Waals surface area contributed by atoms with Crippen LogP contribution >= 0.6 is 11.3 Å². The molecule has 2 atom stereocenters. The van der Waals surface area contributed by atoms with Gasteiger partial charge in [0.25, 0.3) is 0 Å². The minimum Gasteiger partial charge on any atom is -0.342 e. The third kappa shape index (κ3) is 3.43. The molecule has 0 bridgehead atoms. The van der Waals surface area contributed by atoms with Gasteiger partial charge in [0.15, 0.2) is 0 Å². The zero-order valence-electron chi connectivity index (χ0n) is 14.0. The second kappa shape index (κ2) is 6.61. The van der Waals surface area contributed by atoms with Gasteiger partial charge < -0.3 is 10.2 Å². The molecule has 5 nitrogen and oxygen atoms in total. The number of carbonyl (C=O) groups is 2. The van der Waals surface area contributed by atoms with Crippen LogP contribution in [-0.4, -0.2) is 53.3 Å². The lowest BCUT2D eigenvalue weighted by molar-refractivity contribution is -0.153. The van der Waals surface area contributed by atoms with Gasteiger partial charge in [0, 0.05) is 31.1 Å². The number of nitrogens with one attached hydrogen (secondary N) is 1. The Kier molecular flexibility index (Phi) is 4.73. The average Bonchev–Trinajstić information content (AvgIpc) is 2.89. The van der Waals surface area contributed by atoms with Crippen LogP contribution in [0.25, 0.3) is 0 Å². The number of thiophene rings is 1. The number of rotatable bonds is 4. The topological polar surface area (TPSA) is 52.6 Å². The van der Waals surface area contributed by atoms with Crippen molar-refractivity contribution in [2.75, 3.05) is 19.6 Å². The van der Waals surface area contributed by atoms with Crippen LogP contribution in [0.2, 0.25) is 0 Å². The molecule has 1 aromatic heterocycles. The van der Waals surface area contributed by atoms with Crippen LogP contribution < -0.4 is 5.32 Å². The van der Waals surface area contributed by atoms with Crippen molar-refractivity contribution in [3.05, 3.63) is 21.9 Å². The Labute approximate surface area is 141 Å². The highest BCUT2D eigenvalue weighted by molar-refractivity contribution is 7.10. The SMILES string of the molecule is Cc1ccsc1CN1CCN2C(=O)[C@@H](CC(C)C)NC(=O)[C@H]2C1. The second-order valence-corrected chi connectivity index (χ2v) is 8.00. The van der Waals surface area contributed by atoms with Crippen molar-refractivity contribution in [1.29, 1.82) is 0 Å². The number of hydrogen-bond donors (Lipinski definition) is 1. The second-order valence-electron chi connectivity index (χ2n) is 7.00. The number of hydrogen-bond acceptors (Lipinski definition) is 4. The summed E-state index contributed by atoms with van der Waals surface area (Å²) in [6.07, 6.45) is 0.714. The molecule has 1 aromatic rings. The molecule has 2 aliphatic heterocycles. The first-order chi connectivity index (χ1) is 11.0.